The molecule has 0 amide bonds. The third-order valence-corrected chi connectivity index (χ3v) is 6.97. The number of rotatable bonds is 13. The van der Waals surface area contributed by atoms with Crippen LogP contribution in [0.25, 0.3) is 0 Å². The van der Waals surface area contributed by atoms with Gasteiger partial charge in [0.25, 0.3) is 0 Å². The Morgan fingerprint density at radius 1 is 0.812 bits per heavy atom. The SMILES string of the molecule is CCCCCOc1ccc(PC(=O)c2c(C)cc(C)c(C)c2C)c(OCCCCC)c1.[Li+]. The van der Waals surface area contributed by atoms with Crippen LogP contribution in [0.4, 0.5) is 0 Å². The zero-order valence-corrected chi connectivity index (χ0v) is 22.2. The van der Waals surface area contributed by atoms with E-state index in [1.165, 1.54) is 24.0 Å². The van der Waals surface area contributed by atoms with Gasteiger partial charge < -0.3 is 9.47 Å². The van der Waals surface area contributed by atoms with Gasteiger partial charge in [0.15, 0.2) is 5.52 Å². The first-order chi connectivity index (χ1) is 14.9. The number of aryl methyl sites for hydroxylation is 2. The van der Waals surface area contributed by atoms with E-state index in [1.54, 1.807) is 0 Å². The average molecular weight is 450 g/mol. The molecule has 0 bridgehead atoms. The molecule has 2 rings (SSSR count). The molecule has 0 aliphatic heterocycles. The Bertz CT molecular complexity index is 880. The van der Waals surface area contributed by atoms with Crippen LogP contribution in [0.2, 0.25) is 0 Å². The van der Waals surface area contributed by atoms with Crippen LogP contribution in [-0.2, 0) is 0 Å². The van der Waals surface area contributed by atoms with E-state index in [0.717, 1.165) is 59.2 Å². The average Bonchev–Trinajstić information content (AvgIpc) is 2.74. The van der Waals surface area contributed by atoms with Gasteiger partial charge in [-0.25, -0.2) is 0 Å². The van der Waals surface area contributed by atoms with Crippen molar-refractivity contribution in [3.8, 4) is 11.5 Å². The van der Waals surface area contributed by atoms with Crippen LogP contribution >= 0.6 is 8.58 Å². The number of hydrogen-bond donors (Lipinski definition) is 0. The van der Waals surface area contributed by atoms with Gasteiger partial charge in [0.05, 0.1) is 13.2 Å². The van der Waals surface area contributed by atoms with Gasteiger partial charge in [0, 0.05) is 16.9 Å². The van der Waals surface area contributed by atoms with Crippen molar-refractivity contribution in [1.29, 1.82) is 0 Å². The van der Waals surface area contributed by atoms with Crippen LogP contribution in [-0.4, -0.2) is 18.7 Å². The molecule has 0 spiro atoms. The standard InChI is InChI=1S/C27H39O3P.Li/c1-7-9-11-15-29-23-13-14-25(24(18-23)30-16-12-10-8-2)31-27(28)26-20(4)17-19(3)21(5)22(26)6;/h13-14,17-18,31H,7-12,15-16H2,1-6H3;/q;+1. The first-order valence-electron chi connectivity index (χ1n) is 11.7. The van der Waals surface area contributed by atoms with Crippen molar-refractivity contribution in [2.45, 2.75) is 80.1 Å². The van der Waals surface area contributed by atoms with Gasteiger partial charge in [-0.1, -0.05) is 45.6 Å². The summed E-state index contributed by atoms with van der Waals surface area (Å²) < 4.78 is 12.0. The van der Waals surface area contributed by atoms with Crippen molar-refractivity contribution in [2.75, 3.05) is 13.2 Å². The smallest absolute Gasteiger partial charge is 0.493 e. The molecule has 2 aromatic rings. The fraction of sp³-hybridized carbons (Fsp3) is 0.519. The Hall–Kier alpha value is -1.26. The molecule has 1 unspecified atom stereocenters. The minimum Gasteiger partial charge on any atom is -0.493 e. The maximum absolute atomic E-state index is 13.3. The molecule has 0 saturated heterocycles. The van der Waals surface area contributed by atoms with E-state index in [1.807, 2.05) is 25.1 Å². The first-order valence-corrected chi connectivity index (χ1v) is 12.7. The van der Waals surface area contributed by atoms with E-state index in [9.17, 15) is 4.79 Å². The van der Waals surface area contributed by atoms with Gasteiger partial charge >= 0.3 is 18.9 Å². The predicted octanol–water partition coefficient (Wildman–Crippen LogP) is 4.21. The maximum Gasteiger partial charge on any atom is 1.00 e. The minimum absolute atomic E-state index is 0. The molecule has 2 aromatic carbocycles. The Kier molecular flexibility index (Phi) is 13.3. The van der Waals surface area contributed by atoms with E-state index < -0.39 is 0 Å². The molecule has 0 fully saturated rings. The van der Waals surface area contributed by atoms with Gasteiger partial charge in [0.2, 0.25) is 0 Å². The van der Waals surface area contributed by atoms with E-state index in [4.69, 9.17) is 9.47 Å². The summed E-state index contributed by atoms with van der Waals surface area (Å²) in [5, 5.41) is 0.958. The fourth-order valence-electron chi connectivity index (χ4n) is 3.71. The van der Waals surface area contributed by atoms with Crippen molar-refractivity contribution in [1.82, 2.24) is 0 Å². The second kappa shape index (κ2) is 14.8. The number of hydrogen-bond acceptors (Lipinski definition) is 3. The molecule has 3 nitrogen and oxygen atoms in total. The molecule has 0 saturated carbocycles. The van der Waals surface area contributed by atoms with Gasteiger partial charge in [-0.15, -0.1) is 0 Å². The topological polar surface area (TPSA) is 35.5 Å². The van der Waals surface area contributed by atoms with Crippen molar-refractivity contribution >= 4 is 19.4 Å². The van der Waals surface area contributed by atoms with Gasteiger partial charge in [-0.3, -0.25) is 4.79 Å². The van der Waals surface area contributed by atoms with Gasteiger partial charge in [-0.05, 0) is 83.5 Å². The summed E-state index contributed by atoms with van der Waals surface area (Å²) in [5.74, 6) is 1.61. The zero-order valence-electron chi connectivity index (χ0n) is 21.2. The second-order valence-corrected chi connectivity index (χ2v) is 9.60. The zero-order chi connectivity index (χ0) is 22.8. The van der Waals surface area contributed by atoms with Crippen molar-refractivity contribution < 1.29 is 33.1 Å². The molecule has 0 aromatic heterocycles. The monoisotopic (exact) mass is 449 g/mol. The molecule has 0 aliphatic rings. The van der Waals surface area contributed by atoms with E-state index in [-0.39, 0.29) is 33.0 Å². The molecule has 0 radical (unpaired) electrons. The van der Waals surface area contributed by atoms with Crippen LogP contribution in [0.1, 0.15) is 85.0 Å². The predicted molar refractivity (Wildman–Crippen MR) is 134 cm³/mol. The third-order valence-electron chi connectivity index (χ3n) is 5.81. The summed E-state index contributed by atoms with van der Waals surface area (Å²) in [5.41, 5.74) is 5.62. The van der Waals surface area contributed by atoms with Gasteiger partial charge in [-0.2, -0.15) is 0 Å². The Morgan fingerprint density at radius 3 is 2.06 bits per heavy atom. The molecule has 0 aliphatic carbocycles. The molecule has 0 heterocycles. The van der Waals surface area contributed by atoms with Crippen molar-refractivity contribution in [2.24, 2.45) is 0 Å². The van der Waals surface area contributed by atoms with Crippen LogP contribution in [0.5, 0.6) is 11.5 Å². The maximum atomic E-state index is 13.3. The van der Waals surface area contributed by atoms with E-state index in [0.29, 0.717) is 13.2 Å². The normalized spacial score (nSPS) is 10.9. The summed E-state index contributed by atoms with van der Waals surface area (Å²) in [6.45, 7) is 14.0. The van der Waals surface area contributed by atoms with Crippen molar-refractivity contribution in [3.63, 3.8) is 0 Å². The fourth-order valence-corrected chi connectivity index (χ4v) is 4.90. The molecule has 32 heavy (non-hydrogen) atoms. The van der Waals surface area contributed by atoms with Crippen molar-refractivity contribution in [3.05, 3.63) is 52.1 Å². The Balaban J connectivity index is 0.00000512. The summed E-state index contributed by atoms with van der Waals surface area (Å²) in [7, 11) is 0.0319. The number of benzene rings is 2. The number of carbonyl (C=O) groups excluding carboxylic acids is 1. The molecular weight excluding hydrogens is 410 g/mol. The molecular formula is C27H39LiO3P+. The van der Waals surface area contributed by atoms with Crippen LogP contribution in [0.3, 0.4) is 0 Å². The second-order valence-electron chi connectivity index (χ2n) is 8.36. The molecule has 1 atom stereocenters. The summed E-state index contributed by atoms with van der Waals surface area (Å²) in [6, 6.07) is 8.07. The largest absolute Gasteiger partial charge is 1.00 e. The Labute approximate surface area is 209 Å². The summed E-state index contributed by atoms with van der Waals surface area (Å²) >= 11 is 0. The quantitative estimate of drug-likeness (QED) is 0.261. The molecule has 5 heteroatoms. The van der Waals surface area contributed by atoms with Gasteiger partial charge in [0.1, 0.15) is 11.5 Å². The van der Waals surface area contributed by atoms with E-state index in [2.05, 4.69) is 40.7 Å². The summed E-state index contributed by atoms with van der Waals surface area (Å²) in [6.07, 6.45) is 6.71. The molecule has 0 N–H and O–H groups in total. The number of ether oxygens (including phenoxy) is 2. The number of carbonyl (C=O) groups is 1. The van der Waals surface area contributed by atoms with Crippen LogP contribution in [0, 0.1) is 27.7 Å². The third kappa shape index (κ3) is 8.26. The van der Waals surface area contributed by atoms with Crippen LogP contribution < -0.4 is 33.6 Å². The minimum atomic E-state index is 0. The Morgan fingerprint density at radius 2 is 1.44 bits per heavy atom. The van der Waals surface area contributed by atoms with Crippen LogP contribution in [0.15, 0.2) is 24.3 Å². The molecule has 170 valence electrons. The summed E-state index contributed by atoms with van der Waals surface area (Å²) in [4.78, 5) is 13.3. The first kappa shape index (κ1) is 28.8. The van der Waals surface area contributed by atoms with E-state index >= 15 is 0 Å². The number of unbranched alkanes of at least 4 members (excludes halogenated alkanes) is 4.